The van der Waals surface area contributed by atoms with Crippen molar-refractivity contribution in [1.82, 2.24) is 4.57 Å². The topological polar surface area (TPSA) is 34.0 Å². The Labute approximate surface area is 110 Å². The quantitative estimate of drug-likeness (QED) is 0.663. The third kappa shape index (κ3) is 1.41. The first kappa shape index (κ1) is 10.4. The van der Waals surface area contributed by atoms with Crippen LogP contribution in [-0.4, -0.2) is 4.57 Å². The molecule has 3 heteroatoms. The number of anilines is 1. The van der Waals surface area contributed by atoms with Crippen LogP contribution in [0.1, 0.15) is 5.56 Å². The van der Waals surface area contributed by atoms with Gasteiger partial charge in [-0.3, -0.25) is 9.36 Å². The summed E-state index contributed by atoms with van der Waals surface area (Å²) in [4.78, 5) is 12.7. The van der Waals surface area contributed by atoms with E-state index >= 15 is 0 Å². The number of benzene rings is 2. The van der Waals surface area contributed by atoms with Gasteiger partial charge in [-0.05, 0) is 29.1 Å². The molecule has 0 unspecified atom stereocenters. The summed E-state index contributed by atoms with van der Waals surface area (Å²) in [5.74, 6) is 0.863. The molecule has 3 nitrogen and oxygen atoms in total. The number of aromatic nitrogens is 1. The molecule has 0 fully saturated rings. The second-order valence-electron chi connectivity index (χ2n) is 4.74. The molecule has 0 aliphatic carbocycles. The lowest BCUT2D eigenvalue weighted by molar-refractivity contribution is 0.914. The van der Waals surface area contributed by atoms with Crippen LogP contribution in [0.2, 0.25) is 0 Å². The van der Waals surface area contributed by atoms with Crippen LogP contribution in [-0.2, 0) is 6.54 Å². The first-order valence-electron chi connectivity index (χ1n) is 6.31. The lowest BCUT2D eigenvalue weighted by Crippen LogP contribution is -2.26. The summed E-state index contributed by atoms with van der Waals surface area (Å²) < 4.78 is 1.77. The first-order chi connectivity index (χ1) is 9.34. The zero-order chi connectivity index (χ0) is 12.8. The van der Waals surface area contributed by atoms with Crippen LogP contribution in [0.25, 0.3) is 16.5 Å². The van der Waals surface area contributed by atoms with Crippen molar-refractivity contribution < 1.29 is 0 Å². The van der Waals surface area contributed by atoms with Crippen molar-refractivity contribution in [3.8, 4) is 5.69 Å². The van der Waals surface area contributed by atoms with E-state index in [0.29, 0.717) is 0 Å². The second kappa shape index (κ2) is 3.72. The summed E-state index contributed by atoms with van der Waals surface area (Å²) in [5.41, 5.74) is 2.16. The second-order valence-corrected chi connectivity index (χ2v) is 4.74. The molecular formula is C16H12N2O. The van der Waals surface area contributed by atoms with E-state index in [1.165, 1.54) is 0 Å². The highest BCUT2D eigenvalue weighted by Crippen LogP contribution is 2.26. The molecule has 0 saturated heterocycles. The average molecular weight is 248 g/mol. The Kier molecular flexibility index (Phi) is 2.03. The molecule has 4 rings (SSSR count). The Hall–Kier alpha value is -2.55. The number of nitrogens with one attached hydrogen (secondary N) is 1. The predicted molar refractivity (Wildman–Crippen MR) is 76.9 cm³/mol. The van der Waals surface area contributed by atoms with Gasteiger partial charge in [-0.15, -0.1) is 0 Å². The van der Waals surface area contributed by atoms with E-state index in [0.717, 1.165) is 34.4 Å². The molecule has 1 aliphatic heterocycles. The number of fused-ring (bicyclic) bond motifs is 4. The molecular weight excluding hydrogens is 236 g/mol. The number of hydrogen-bond donors (Lipinski definition) is 1. The molecule has 0 radical (unpaired) electrons. The van der Waals surface area contributed by atoms with Crippen LogP contribution < -0.4 is 10.9 Å². The summed E-state index contributed by atoms with van der Waals surface area (Å²) in [6.07, 6.45) is 0. The van der Waals surface area contributed by atoms with Gasteiger partial charge in [0, 0.05) is 11.9 Å². The van der Waals surface area contributed by atoms with Gasteiger partial charge < -0.3 is 5.32 Å². The third-order valence-electron chi connectivity index (χ3n) is 3.62. The van der Waals surface area contributed by atoms with Gasteiger partial charge in [-0.1, -0.05) is 36.4 Å². The van der Waals surface area contributed by atoms with Gasteiger partial charge in [0.05, 0.1) is 5.69 Å². The van der Waals surface area contributed by atoms with E-state index in [2.05, 4.69) is 5.32 Å². The Morgan fingerprint density at radius 1 is 1.00 bits per heavy atom. The molecule has 0 bridgehead atoms. The molecule has 2 aromatic carbocycles. The van der Waals surface area contributed by atoms with E-state index < -0.39 is 0 Å². The zero-order valence-electron chi connectivity index (χ0n) is 10.3. The van der Waals surface area contributed by atoms with Gasteiger partial charge in [0.15, 0.2) is 0 Å². The molecule has 1 N–H and O–H groups in total. The van der Waals surface area contributed by atoms with Gasteiger partial charge in [-0.25, -0.2) is 0 Å². The number of para-hydroxylation sites is 1. The Morgan fingerprint density at radius 3 is 2.74 bits per heavy atom. The molecule has 0 amide bonds. The molecule has 1 aromatic heterocycles. The Bertz CT molecular complexity index is 849. The standard InChI is InChI=1S/C16H12N2O/c19-16-13-7-3-1-5-11(13)9-15-17-10-12-6-2-4-8-14(12)18(15)16/h1-9,17H,10H2. The highest BCUT2D eigenvalue weighted by molar-refractivity contribution is 5.85. The molecule has 3 aromatic rings. The fourth-order valence-electron chi connectivity index (χ4n) is 2.69. The Morgan fingerprint density at radius 2 is 1.79 bits per heavy atom. The van der Waals surface area contributed by atoms with E-state index in [4.69, 9.17) is 0 Å². The third-order valence-corrected chi connectivity index (χ3v) is 3.62. The van der Waals surface area contributed by atoms with Crippen LogP contribution in [0.4, 0.5) is 5.82 Å². The van der Waals surface area contributed by atoms with E-state index in [1.807, 2.05) is 54.6 Å². The average Bonchev–Trinajstić information content (AvgIpc) is 2.47. The summed E-state index contributed by atoms with van der Waals surface area (Å²) in [7, 11) is 0. The van der Waals surface area contributed by atoms with Crippen molar-refractivity contribution in [2.24, 2.45) is 0 Å². The maximum atomic E-state index is 12.7. The molecule has 0 saturated carbocycles. The molecule has 0 spiro atoms. The van der Waals surface area contributed by atoms with Crippen molar-refractivity contribution in [3.05, 3.63) is 70.5 Å². The highest BCUT2D eigenvalue weighted by atomic mass is 16.1. The predicted octanol–water partition coefficient (Wildman–Crippen LogP) is 2.92. The molecule has 0 atom stereocenters. The van der Waals surface area contributed by atoms with Gasteiger partial charge >= 0.3 is 0 Å². The fraction of sp³-hybridized carbons (Fsp3) is 0.0625. The fourth-order valence-corrected chi connectivity index (χ4v) is 2.69. The van der Waals surface area contributed by atoms with Gasteiger partial charge in [0.2, 0.25) is 0 Å². The molecule has 92 valence electrons. The van der Waals surface area contributed by atoms with E-state index in [9.17, 15) is 4.79 Å². The van der Waals surface area contributed by atoms with E-state index in [1.54, 1.807) is 4.57 Å². The minimum Gasteiger partial charge on any atom is -0.367 e. The minimum atomic E-state index is 0.0350. The van der Waals surface area contributed by atoms with Crippen molar-refractivity contribution in [2.75, 3.05) is 5.32 Å². The molecule has 2 heterocycles. The summed E-state index contributed by atoms with van der Waals surface area (Å²) in [6.45, 7) is 0.758. The van der Waals surface area contributed by atoms with Crippen LogP contribution in [0.15, 0.2) is 59.4 Å². The van der Waals surface area contributed by atoms with Gasteiger partial charge in [0.1, 0.15) is 5.82 Å². The van der Waals surface area contributed by atoms with E-state index in [-0.39, 0.29) is 5.56 Å². The number of rotatable bonds is 0. The highest BCUT2D eigenvalue weighted by Gasteiger charge is 2.17. The maximum absolute atomic E-state index is 12.7. The lowest BCUT2D eigenvalue weighted by atomic mass is 10.1. The first-order valence-corrected chi connectivity index (χ1v) is 6.31. The van der Waals surface area contributed by atoms with Crippen molar-refractivity contribution >= 4 is 16.6 Å². The monoisotopic (exact) mass is 248 g/mol. The number of hydrogen-bond acceptors (Lipinski definition) is 2. The summed E-state index contributed by atoms with van der Waals surface area (Å²) in [6, 6.07) is 17.7. The van der Waals surface area contributed by atoms with Gasteiger partial charge in [0.25, 0.3) is 5.56 Å². The summed E-state index contributed by atoms with van der Waals surface area (Å²) >= 11 is 0. The summed E-state index contributed by atoms with van der Waals surface area (Å²) in [5, 5.41) is 5.05. The van der Waals surface area contributed by atoms with Crippen LogP contribution in [0.5, 0.6) is 0 Å². The zero-order valence-corrected chi connectivity index (χ0v) is 10.3. The smallest absolute Gasteiger partial charge is 0.264 e. The van der Waals surface area contributed by atoms with Crippen LogP contribution >= 0.6 is 0 Å². The number of pyridine rings is 1. The van der Waals surface area contributed by atoms with Crippen LogP contribution in [0, 0.1) is 0 Å². The maximum Gasteiger partial charge on any atom is 0.264 e. The number of nitrogens with zero attached hydrogens (tertiary/aromatic N) is 1. The largest absolute Gasteiger partial charge is 0.367 e. The Balaban J connectivity index is 2.16. The van der Waals surface area contributed by atoms with Crippen molar-refractivity contribution in [1.29, 1.82) is 0 Å². The normalized spacial score (nSPS) is 12.6. The van der Waals surface area contributed by atoms with Crippen LogP contribution in [0.3, 0.4) is 0 Å². The van der Waals surface area contributed by atoms with Gasteiger partial charge in [-0.2, -0.15) is 0 Å². The lowest BCUT2D eigenvalue weighted by Gasteiger charge is -2.23. The van der Waals surface area contributed by atoms with Crippen molar-refractivity contribution in [2.45, 2.75) is 6.54 Å². The molecule has 19 heavy (non-hydrogen) atoms. The minimum absolute atomic E-state index is 0.0350. The SMILES string of the molecule is O=c1c2ccccc2cc2n1-c1ccccc1CN2. The van der Waals surface area contributed by atoms with Crippen molar-refractivity contribution in [3.63, 3.8) is 0 Å². The molecule has 1 aliphatic rings.